The Kier molecular flexibility index (Phi) is 5.85. The third-order valence-corrected chi connectivity index (χ3v) is 2.91. The Labute approximate surface area is 135 Å². The van der Waals surface area contributed by atoms with Crippen molar-refractivity contribution in [1.29, 1.82) is 0 Å². The summed E-state index contributed by atoms with van der Waals surface area (Å²) >= 11 is 0. The van der Waals surface area contributed by atoms with Crippen LogP contribution >= 0.6 is 0 Å². The molecule has 0 aliphatic heterocycles. The Morgan fingerprint density at radius 1 is 1.30 bits per heavy atom. The molecular formula is C16H21N5O2. The molecule has 2 N–H and O–H groups in total. The molecule has 0 fully saturated rings. The molecule has 122 valence electrons. The van der Waals surface area contributed by atoms with Gasteiger partial charge in [-0.2, -0.15) is 10.1 Å². The molecule has 7 nitrogen and oxygen atoms in total. The van der Waals surface area contributed by atoms with Gasteiger partial charge in [0, 0.05) is 6.54 Å². The number of para-hydroxylation sites is 1. The standard InChI is InChI=1S/C16H21N5O2/c1-4-23-15(22)12-7-5-6-8-13(12)19-14-10-18-21-16(20-14)17-9-11(2)3/h5-8,10-11H,4,9H2,1-3H3,(H2,17,19,20,21). The maximum absolute atomic E-state index is 12.0. The number of nitrogens with zero attached hydrogens (tertiary/aromatic N) is 3. The van der Waals surface area contributed by atoms with Gasteiger partial charge in [0.25, 0.3) is 0 Å². The lowest BCUT2D eigenvalue weighted by molar-refractivity contribution is 0.0527. The molecule has 0 bridgehead atoms. The van der Waals surface area contributed by atoms with Crippen molar-refractivity contribution >= 4 is 23.4 Å². The normalized spacial score (nSPS) is 10.4. The van der Waals surface area contributed by atoms with Crippen molar-refractivity contribution in [2.45, 2.75) is 20.8 Å². The minimum Gasteiger partial charge on any atom is -0.462 e. The molecule has 1 aromatic carbocycles. The number of nitrogens with one attached hydrogen (secondary N) is 2. The van der Waals surface area contributed by atoms with Crippen molar-refractivity contribution < 1.29 is 9.53 Å². The Morgan fingerprint density at radius 2 is 2.09 bits per heavy atom. The van der Waals surface area contributed by atoms with Crippen LogP contribution in [0.1, 0.15) is 31.1 Å². The Balaban J connectivity index is 2.16. The van der Waals surface area contributed by atoms with Crippen molar-refractivity contribution in [1.82, 2.24) is 15.2 Å². The number of aromatic nitrogens is 3. The maximum Gasteiger partial charge on any atom is 0.340 e. The van der Waals surface area contributed by atoms with E-state index in [1.165, 1.54) is 6.20 Å². The van der Waals surface area contributed by atoms with E-state index in [0.717, 1.165) is 6.54 Å². The molecule has 0 spiro atoms. The van der Waals surface area contributed by atoms with Crippen LogP contribution in [0, 0.1) is 5.92 Å². The lowest BCUT2D eigenvalue weighted by atomic mass is 10.2. The fraction of sp³-hybridized carbons (Fsp3) is 0.375. The third-order valence-electron chi connectivity index (χ3n) is 2.91. The highest BCUT2D eigenvalue weighted by Gasteiger charge is 2.12. The van der Waals surface area contributed by atoms with Crippen molar-refractivity contribution in [2.24, 2.45) is 5.92 Å². The van der Waals surface area contributed by atoms with Crippen LogP contribution in [0.25, 0.3) is 0 Å². The number of anilines is 3. The molecule has 0 amide bonds. The molecule has 0 saturated heterocycles. The van der Waals surface area contributed by atoms with Crippen LogP contribution in [0.2, 0.25) is 0 Å². The summed E-state index contributed by atoms with van der Waals surface area (Å²) in [5.74, 6) is 1.04. The summed E-state index contributed by atoms with van der Waals surface area (Å²) in [7, 11) is 0. The summed E-state index contributed by atoms with van der Waals surface area (Å²) in [6.45, 7) is 7.04. The SMILES string of the molecule is CCOC(=O)c1ccccc1Nc1cnnc(NCC(C)C)n1. The van der Waals surface area contributed by atoms with E-state index in [2.05, 4.69) is 39.7 Å². The molecule has 7 heteroatoms. The van der Waals surface area contributed by atoms with Crippen LogP contribution in [0.5, 0.6) is 0 Å². The highest BCUT2D eigenvalue weighted by Crippen LogP contribution is 2.20. The summed E-state index contributed by atoms with van der Waals surface area (Å²) in [4.78, 5) is 16.3. The van der Waals surface area contributed by atoms with E-state index in [4.69, 9.17) is 4.74 Å². The van der Waals surface area contributed by atoms with Crippen LogP contribution in [0.15, 0.2) is 30.5 Å². The number of rotatable bonds is 7. The average Bonchev–Trinajstić information content (AvgIpc) is 2.54. The summed E-state index contributed by atoms with van der Waals surface area (Å²) < 4.78 is 5.06. The van der Waals surface area contributed by atoms with Gasteiger partial charge in [0.2, 0.25) is 5.95 Å². The zero-order valence-corrected chi connectivity index (χ0v) is 13.5. The number of hydrogen-bond acceptors (Lipinski definition) is 7. The smallest absolute Gasteiger partial charge is 0.340 e. The van der Waals surface area contributed by atoms with Gasteiger partial charge in [-0.15, -0.1) is 5.10 Å². The first-order valence-electron chi connectivity index (χ1n) is 7.57. The quantitative estimate of drug-likeness (QED) is 0.759. The van der Waals surface area contributed by atoms with Gasteiger partial charge in [-0.1, -0.05) is 26.0 Å². The van der Waals surface area contributed by atoms with Gasteiger partial charge in [-0.3, -0.25) is 0 Å². The molecule has 0 aliphatic rings. The maximum atomic E-state index is 12.0. The Morgan fingerprint density at radius 3 is 2.83 bits per heavy atom. The third kappa shape index (κ3) is 4.91. The van der Waals surface area contributed by atoms with E-state index in [-0.39, 0.29) is 5.97 Å². The lowest BCUT2D eigenvalue weighted by Gasteiger charge is -2.11. The first-order valence-corrected chi connectivity index (χ1v) is 7.57. The number of hydrogen-bond donors (Lipinski definition) is 2. The number of benzene rings is 1. The average molecular weight is 315 g/mol. The van der Waals surface area contributed by atoms with Crippen LogP contribution < -0.4 is 10.6 Å². The monoisotopic (exact) mass is 315 g/mol. The topological polar surface area (TPSA) is 89.0 Å². The van der Waals surface area contributed by atoms with Gasteiger partial charge in [-0.25, -0.2) is 4.79 Å². The predicted octanol–water partition coefficient (Wildman–Crippen LogP) is 2.86. The second kappa shape index (κ2) is 8.07. The fourth-order valence-corrected chi connectivity index (χ4v) is 1.85. The van der Waals surface area contributed by atoms with Gasteiger partial charge in [0.15, 0.2) is 5.82 Å². The molecule has 0 unspecified atom stereocenters. The highest BCUT2D eigenvalue weighted by molar-refractivity contribution is 5.96. The molecule has 2 rings (SSSR count). The van der Waals surface area contributed by atoms with Crippen LogP contribution in [-0.4, -0.2) is 34.3 Å². The zero-order chi connectivity index (χ0) is 16.7. The van der Waals surface area contributed by atoms with E-state index in [9.17, 15) is 4.79 Å². The molecular weight excluding hydrogens is 294 g/mol. The van der Waals surface area contributed by atoms with Gasteiger partial charge in [-0.05, 0) is 25.0 Å². The van der Waals surface area contributed by atoms with E-state index in [0.29, 0.717) is 35.5 Å². The van der Waals surface area contributed by atoms with E-state index in [1.54, 1.807) is 25.1 Å². The summed E-state index contributed by atoms with van der Waals surface area (Å²) in [5.41, 5.74) is 1.06. The van der Waals surface area contributed by atoms with Gasteiger partial charge >= 0.3 is 5.97 Å². The molecule has 0 saturated carbocycles. The lowest BCUT2D eigenvalue weighted by Crippen LogP contribution is -2.12. The summed E-state index contributed by atoms with van der Waals surface area (Å²) in [6, 6.07) is 7.10. The van der Waals surface area contributed by atoms with Crippen LogP contribution in [-0.2, 0) is 4.74 Å². The number of ether oxygens (including phenoxy) is 1. The highest BCUT2D eigenvalue weighted by atomic mass is 16.5. The molecule has 2 aromatic rings. The molecule has 1 aromatic heterocycles. The van der Waals surface area contributed by atoms with Crippen molar-refractivity contribution in [3.8, 4) is 0 Å². The first kappa shape index (κ1) is 16.7. The largest absolute Gasteiger partial charge is 0.462 e. The predicted molar refractivity (Wildman–Crippen MR) is 88.8 cm³/mol. The zero-order valence-electron chi connectivity index (χ0n) is 13.5. The Hall–Kier alpha value is -2.70. The fourth-order valence-electron chi connectivity index (χ4n) is 1.85. The Bertz CT molecular complexity index is 660. The minimum atomic E-state index is -0.379. The molecule has 0 aliphatic carbocycles. The summed E-state index contributed by atoms with van der Waals surface area (Å²) in [6.07, 6.45) is 1.50. The van der Waals surface area contributed by atoms with E-state index >= 15 is 0 Å². The molecule has 1 heterocycles. The molecule has 0 radical (unpaired) electrons. The number of carbonyl (C=O) groups excluding carboxylic acids is 1. The summed E-state index contributed by atoms with van der Waals surface area (Å²) in [5, 5.41) is 14.0. The second-order valence-electron chi connectivity index (χ2n) is 5.33. The van der Waals surface area contributed by atoms with Crippen molar-refractivity contribution in [3.63, 3.8) is 0 Å². The second-order valence-corrected chi connectivity index (χ2v) is 5.33. The number of esters is 1. The first-order chi connectivity index (χ1) is 11.1. The minimum absolute atomic E-state index is 0.325. The van der Waals surface area contributed by atoms with Crippen molar-refractivity contribution in [3.05, 3.63) is 36.0 Å². The van der Waals surface area contributed by atoms with Gasteiger partial charge < -0.3 is 15.4 Å². The van der Waals surface area contributed by atoms with Gasteiger partial charge in [0.1, 0.15) is 0 Å². The molecule has 0 atom stereocenters. The van der Waals surface area contributed by atoms with E-state index in [1.807, 2.05) is 6.07 Å². The van der Waals surface area contributed by atoms with E-state index < -0.39 is 0 Å². The van der Waals surface area contributed by atoms with Crippen molar-refractivity contribution in [2.75, 3.05) is 23.8 Å². The van der Waals surface area contributed by atoms with Gasteiger partial charge in [0.05, 0.1) is 24.1 Å². The van der Waals surface area contributed by atoms with Crippen LogP contribution in [0.4, 0.5) is 17.5 Å². The number of carbonyl (C=O) groups is 1. The molecule has 23 heavy (non-hydrogen) atoms. The van der Waals surface area contributed by atoms with Crippen LogP contribution in [0.3, 0.4) is 0 Å².